The summed E-state index contributed by atoms with van der Waals surface area (Å²) in [7, 11) is 0. The Morgan fingerprint density at radius 3 is 2.08 bits per heavy atom. The molecule has 0 spiro atoms. The lowest BCUT2D eigenvalue weighted by molar-refractivity contribution is -0.231. The van der Waals surface area contributed by atoms with Crippen molar-refractivity contribution in [2.75, 3.05) is 0 Å². The molecule has 4 heteroatoms. The Morgan fingerprint density at radius 2 is 1.47 bits per heavy atom. The summed E-state index contributed by atoms with van der Waals surface area (Å²) in [5.41, 5.74) is 0.122. The maximum Gasteiger partial charge on any atom is 0.302 e. The molecule has 5 aliphatic rings. The molecule has 0 aromatic rings. The molecule has 206 valence electrons. The molecule has 0 radical (unpaired) electrons. The first-order chi connectivity index (χ1) is 16.5. The summed E-state index contributed by atoms with van der Waals surface area (Å²) in [5.74, 6) is 2.49. The zero-order chi connectivity index (χ0) is 26.5. The number of ether oxygens (including phenoxy) is 2. The molecule has 1 heterocycles. The number of hydrogen-bond acceptors (Lipinski definition) is 4. The van der Waals surface area contributed by atoms with Gasteiger partial charge in [0.25, 0.3) is 0 Å². The molecule has 0 amide bonds. The molecule has 1 unspecified atom stereocenters. The Hall–Kier alpha value is -0.610. The molecule has 5 rings (SSSR count). The van der Waals surface area contributed by atoms with Gasteiger partial charge in [-0.25, -0.2) is 0 Å². The summed E-state index contributed by atoms with van der Waals surface area (Å²) >= 11 is 0. The average Bonchev–Trinajstić information content (AvgIpc) is 3.32. The molecular weight excluding hydrogens is 448 g/mol. The van der Waals surface area contributed by atoms with Crippen LogP contribution in [0.2, 0.25) is 0 Å². The Kier molecular flexibility index (Phi) is 6.14. The van der Waals surface area contributed by atoms with E-state index in [4.69, 9.17) is 9.47 Å². The summed E-state index contributed by atoms with van der Waals surface area (Å²) in [6, 6.07) is 0. The highest BCUT2D eigenvalue weighted by Crippen LogP contribution is 2.76. The highest BCUT2D eigenvalue weighted by molar-refractivity contribution is 5.66. The zero-order valence-corrected chi connectivity index (χ0v) is 24.7. The van der Waals surface area contributed by atoms with Gasteiger partial charge in [0.1, 0.15) is 6.10 Å². The maximum absolute atomic E-state index is 11.9. The van der Waals surface area contributed by atoms with Gasteiger partial charge in [-0.05, 0) is 125 Å². The van der Waals surface area contributed by atoms with E-state index in [9.17, 15) is 9.90 Å². The second-order valence-electron chi connectivity index (χ2n) is 15.9. The monoisotopic (exact) mass is 502 g/mol. The molecule has 0 bridgehead atoms. The van der Waals surface area contributed by atoms with Crippen LogP contribution in [-0.4, -0.2) is 34.5 Å². The van der Waals surface area contributed by atoms with Crippen LogP contribution < -0.4 is 0 Å². The lowest BCUT2D eigenvalue weighted by atomic mass is 9.35. The van der Waals surface area contributed by atoms with E-state index in [0.29, 0.717) is 34.0 Å². The average molecular weight is 503 g/mol. The predicted molar refractivity (Wildman–Crippen MR) is 143 cm³/mol. The second kappa shape index (κ2) is 8.20. The van der Waals surface area contributed by atoms with Crippen molar-refractivity contribution in [1.82, 2.24) is 0 Å². The summed E-state index contributed by atoms with van der Waals surface area (Å²) in [5, 5.41) is 10.7. The minimum atomic E-state index is -0.770. The number of esters is 1. The third kappa shape index (κ3) is 3.62. The Bertz CT molecular complexity index is 889. The Labute approximate surface area is 220 Å². The van der Waals surface area contributed by atoms with Crippen LogP contribution in [0.5, 0.6) is 0 Å². The molecule has 0 aromatic carbocycles. The van der Waals surface area contributed by atoms with Crippen molar-refractivity contribution in [2.24, 2.45) is 45.3 Å². The first-order valence-corrected chi connectivity index (χ1v) is 15.1. The number of carbonyl (C=O) groups is 1. The van der Waals surface area contributed by atoms with Crippen molar-refractivity contribution in [3.63, 3.8) is 0 Å². The largest absolute Gasteiger partial charge is 0.462 e. The third-order valence-electron chi connectivity index (χ3n) is 13.5. The van der Waals surface area contributed by atoms with Crippen molar-refractivity contribution in [3.8, 4) is 0 Å². The van der Waals surface area contributed by atoms with E-state index >= 15 is 0 Å². The standard InChI is InChI=1S/C32H54O4/c1-20(33)35-25-14-16-29(6)23(27(25,2)3)13-18-31(8)24(29)11-10-21-22(12-17-30(21,31)7)32(9)19-15-26(36-32)28(4,5)34/h21-26,34H,10-19H2,1-9H3/t21-,22+,23+,24-,25-,26?,29+,30-,31-,32+/m1/s1. The van der Waals surface area contributed by atoms with Gasteiger partial charge in [0.05, 0.1) is 17.3 Å². The molecule has 1 saturated heterocycles. The van der Waals surface area contributed by atoms with Crippen molar-refractivity contribution in [2.45, 2.75) is 150 Å². The predicted octanol–water partition coefficient (Wildman–Crippen LogP) is 7.31. The van der Waals surface area contributed by atoms with E-state index in [1.807, 2.05) is 13.8 Å². The molecule has 4 nitrogen and oxygen atoms in total. The van der Waals surface area contributed by atoms with Gasteiger partial charge in [-0.15, -0.1) is 0 Å². The molecule has 36 heavy (non-hydrogen) atoms. The Balaban J connectivity index is 1.42. The molecule has 0 aromatic heterocycles. The first kappa shape index (κ1) is 27.0. The Morgan fingerprint density at radius 1 is 0.806 bits per heavy atom. The highest BCUT2D eigenvalue weighted by Gasteiger charge is 2.70. The van der Waals surface area contributed by atoms with Gasteiger partial charge < -0.3 is 14.6 Å². The van der Waals surface area contributed by atoms with Gasteiger partial charge in [0, 0.05) is 12.3 Å². The summed E-state index contributed by atoms with van der Waals surface area (Å²) in [6.45, 7) is 20.4. The van der Waals surface area contributed by atoms with Gasteiger partial charge in [0.2, 0.25) is 0 Å². The lowest BCUT2D eigenvalue weighted by Gasteiger charge is -2.70. The first-order valence-electron chi connectivity index (χ1n) is 15.1. The lowest BCUT2D eigenvalue weighted by Crippen LogP contribution is -2.64. The van der Waals surface area contributed by atoms with E-state index in [2.05, 4.69) is 41.5 Å². The quantitative estimate of drug-likeness (QED) is 0.411. The second-order valence-corrected chi connectivity index (χ2v) is 15.9. The van der Waals surface area contributed by atoms with Crippen LogP contribution in [0.4, 0.5) is 0 Å². The number of carbonyl (C=O) groups excluding carboxylic acids is 1. The topological polar surface area (TPSA) is 55.8 Å². The molecule has 4 aliphatic carbocycles. The van der Waals surface area contributed by atoms with Crippen LogP contribution in [0.25, 0.3) is 0 Å². The van der Waals surface area contributed by atoms with Crippen LogP contribution >= 0.6 is 0 Å². The number of hydrogen-bond donors (Lipinski definition) is 1. The number of fused-ring (bicyclic) bond motifs is 5. The van der Waals surface area contributed by atoms with Gasteiger partial charge in [-0.1, -0.05) is 34.6 Å². The fraction of sp³-hybridized carbons (Fsp3) is 0.969. The van der Waals surface area contributed by atoms with E-state index in [1.165, 1.54) is 44.9 Å². The highest BCUT2D eigenvalue weighted by atomic mass is 16.5. The van der Waals surface area contributed by atoms with Crippen molar-refractivity contribution in [3.05, 3.63) is 0 Å². The van der Waals surface area contributed by atoms with Crippen LogP contribution in [0.3, 0.4) is 0 Å². The normalized spacial score (nSPS) is 52.3. The van der Waals surface area contributed by atoms with E-state index in [1.54, 1.807) is 6.92 Å². The van der Waals surface area contributed by atoms with Crippen molar-refractivity contribution < 1.29 is 19.4 Å². The summed E-state index contributed by atoms with van der Waals surface area (Å²) in [6.07, 6.45) is 11.9. The molecule has 10 atom stereocenters. The molecule has 5 fully saturated rings. The number of aliphatic hydroxyl groups is 1. The smallest absolute Gasteiger partial charge is 0.302 e. The summed E-state index contributed by atoms with van der Waals surface area (Å²) in [4.78, 5) is 11.9. The van der Waals surface area contributed by atoms with Crippen molar-refractivity contribution >= 4 is 5.97 Å². The summed E-state index contributed by atoms with van der Waals surface area (Å²) < 4.78 is 12.6. The SMILES string of the molecule is CC(=O)O[C@@H]1CC[C@]2(C)[C@H]3CC[C@@H]4[C@@H]([C@]5(C)CCC(C(C)(C)O)O5)CC[C@@]4(C)[C@]3(C)CC[C@H]2C1(C)C. The van der Waals surface area contributed by atoms with Crippen LogP contribution in [0, 0.1) is 45.3 Å². The van der Waals surface area contributed by atoms with Gasteiger partial charge in [-0.2, -0.15) is 0 Å². The fourth-order valence-corrected chi connectivity index (χ4v) is 11.5. The molecule has 1 N–H and O–H groups in total. The number of rotatable bonds is 3. The van der Waals surface area contributed by atoms with Crippen LogP contribution in [-0.2, 0) is 14.3 Å². The molecular formula is C32H54O4. The van der Waals surface area contributed by atoms with E-state index in [0.717, 1.165) is 25.2 Å². The van der Waals surface area contributed by atoms with Gasteiger partial charge in [-0.3, -0.25) is 4.79 Å². The van der Waals surface area contributed by atoms with E-state index < -0.39 is 5.60 Å². The van der Waals surface area contributed by atoms with Gasteiger partial charge in [0.15, 0.2) is 0 Å². The van der Waals surface area contributed by atoms with Crippen LogP contribution in [0.1, 0.15) is 127 Å². The maximum atomic E-state index is 11.9. The fourth-order valence-electron chi connectivity index (χ4n) is 11.5. The molecule has 1 aliphatic heterocycles. The van der Waals surface area contributed by atoms with Gasteiger partial charge >= 0.3 is 5.97 Å². The minimum Gasteiger partial charge on any atom is -0.462 e. The minimum absolute atomic E-state index is 0.0211. The third-order valence-corrected chi connectivity index (χ3v) is 13.5. The zero-order valence-electron chi connectivity index (χ0n) is 24.7. The van der Waals surface area contributed by atoms with E-state index in [-0.39, 0.29) is 29.2 Å². The van der Waals surface area contributed by atoms with Crippen LogP contribution in [0.15, 0.2) is 0 Å². The molecule has 4 saturated carbocycles. The van der Waals surface area contributed by atoms with Crippen molar-refractivity contribution in [1.29, 1.82) is 0 Å².